The highest BCUT2D eigenvalue weighted by atomic mass is 16.2. The third kappa shape index (κ3) is 1.80. The molecule has 1 saturated heterocycles. The smallest absolute Gasteiger partial charge is 0.331 e. The maximum atomic E-state index is 11.9. The molecular formula is C15H15N5O. The molecule has 2 aromatic carbocycles. The first-order chi connectivity index (χ1) is 10.3. The Morgan fingerprint density at radius 2 is 1.57 bits per heavy atom. The summed E-state index contributed by atoms with van der Waals surface area (Å²) >= 11 is 0. The molecule has 5 N–H and O–H groups in total. The third-order valence-corrected chi connectivity index (χ3v) is 3.86. The molecule has 2 aliphatic heterocycles. The van der Waals surface area contributed by atoms with Crippen molar-refractivity contribution < 1.29 is 4.79 Å². The number of urea groups is 1. The molecular weight excluding hydrogens is 266 g/mol. The SMILES string of the molecule is O=C1NNC2Nc3ccccc3NC2(c2ccccc2)N1. The molecule has 2 unspecified atom stereocenters. The summed E-state index contributed by atoms with van der Waals surface area (Å²) < 4.78 is 0. The zero-order chi connectivity index (χ0) is 14.3. The van der Waals surface area contributed by atoms with Gasteiger partial charge in [-0.1, -0.05) is 42.5 Å². The maximum absolute atomic E-state index is 11.9. The van der Waals surface area contributed by atoms with Crippen molar-refractivity contribution in [3.05, 3.63) is 60.2 Å². The molecule has 1 fully saturated rings. The highest BCUT2D eigenvalue weighted by Crippen LogP contribution is 2.37. The van der Waals surface area contributed by atoms with Crippen LogP contribution in [-0.2, 0) is 5.66 Å². The van der Waals surface area contributed by atoms with Gasteiger partial charge < -0.3 is 16.0 Å². The number of nitrogens with one attached hydrogen (secondary N) is 5. The fraction of sp³-hybridized carbons (Fsp3) is 0.133. The standard InChI is InChI=1S/C15H15N5O/c21-14-18-15(10-6-2-1-3-7-10)13(19-20-14)16-11-8-4-5-9-12(11)17-15/h1-9,13,16-17,19H,(H2,18,20,21). The van der Waals surface area contributed by atoms with Crippen LogP contribution in [-0.4, -0.2) is 12.2 Å². The van der Waals surface area contributed by atoms with Crippen LogP contribution in [0.3, 0.4) is 0 Å². The lowest BCUT2D eigenvalue weighted by atomic mass is 9.92. The number of para-hydroxylation sites is 2. The van der Waals surface area contributed by atoms with Gasteiger partial charge in [-0.2, -0.15) is 0 Å². The van der Waals surface area contributed by atoms with E-state index in [0.29, 0.717) is 0 Å². The van der Waals surface area contributed by atoms with Gasteiger partial charge in [-0.15, -0.1) is 0 Å². The fourth-order valence-corrected chi connectivity index (χ4v) is 2.87. The molecule has 0 bridgehead atoms. The van der Waals surface area contributed by atoms with Crippen molar-refractivity contribution in [1.29, 1.82) is 0 Å². The summed E-state index contributed by atoms with van der Waals surface area (Å²) in [4.78, 5) is 11.9. The van der Waals surface area contributed by atoms with Gasteiger partial charge in [0.05, 0.1) is 11.4 Å². The Bertz CT molecular complexity index is 689. The Kier molecular flexibility index (Phi) is 2.52. The van der Waals surface area contributed by atoms with Gasteiger partial charge in [0.1, 0.15) is 6.17 Å². The van der Waals surface area contributed by atoms with Crippen LogP contribution in [0.4, 0.5) is 16.2 Å². The monoisotopic (exact) mass is 281 g/mol. The minimum Gasteiger partial charge on any atom is -0.363 e. The number of fused-ring (bicyclic) bond motifs is 2. The molecule has 4 rings (SSSR count). The van der Waals surface area contributed by atoms with Crippen molar-refractivity contribution in [3.63, 3.8) is 0 Å². The van der Waals surface area contributed by atoms with Crippen LogP contribution in [0.15, 0.2) is 54.6 Å². The van der Waals surface area contributed by atoms with E-state index in [-0.39, 0.29) is 12.2 Å². The number of hydrogen-bond acceptors (Lipinski definition) is 4. The molecule has 6 nitrogen and oxygen atoms in total. The highest BCUT2D eigenvalue weighted by Gasteiger charge is 2.48. The van der Waals surface area contributed by atoms with E-state index in [2.05, 4.69) is 26.8 Å². The summed E-state index contributed by atoms with van der Waals surface area (Å²) in [6, 6.07) is 17.5. The van der Waals surface area contributed by atoms with Crippen LogP contribution in [0, 0.1) is 0 Å². The van der Waals surface area contributed by atoms with E-state index < -0.39 is 5.66 Å². The van der Waals surface area contributed by atoms with Crippen molar-refractivity contribution in [2.24, 2.45) is 0 Å². The predicted octanol–water partition coefficient (Wildman–Crippen LogP) is 1.52. The fourth-order valence-electron chi connectivity index (χ4n) is 2.87. The van der Waals surface area contributed by atoms with E-state index in [0.717, 1.165) is 16.9 Å². The molecule has 2 atom stereocenters. The quantitative estimate of drug-likeness (QED) is 0.549. The van der Waals surface area contributed by atoms with Crippen molar-refractivity contribution in [3.8, 4) is 0 Å². The maximum Gasteiger partial charge on any atom is 0.331 e. The van der Waals surface area contributed by atoms with Gasteiger partial charge in [-0.05, 0) is 12.1 Å². The largest absolute Gasteiger partial charge is 0.363 e. The van der Waals surface area contributed by atoms with Crippen LogP contribution in [0.1, 0.15) is 5.56 Å². The first kappa shape index (κ1) is 12.0. The number of amides is 2. The minimum atomic E-state index is -0.752. The van der Waals surface area contributed by atoms with E-state index >= 15 is 0 Å². The molecule has 0 spiro atoms. The Balaban J connectivity index is 1.85. The second-order valence-corrected chi connectivity index (χ2v) is 5.15. The van der Waals surface area contributed by atoms with E-state index in [4.69, 9.17) is 0 Å². The van der Waals surface area contributed by atoms with Crippen LogP contribution < -0.4 is 26.8 Å². The first-order valence-electron chi connectivity index (χ1n) is 6.81. The number of hydrogen-bond donors (Lipinski definition) is 5. The van der Waals surface area contributed by atoms with E-state index in [1.54, 1.807) is 0 Å². The molecule has 0 radical (unpaired) electrons. The molecule has 21 heavy (non-hydrogen) atoms. The van der Waals surface area contributed by atoms with E-state index in [9.17, 15) is 4.79 Å². The summed E-state index contributed by atoms with van der Waals surface area (Å²) in [6.45, 7) is 0. The Morgan fingerprint density at radius 1 is 0.857 bits per heavy atom. The summed E-state index contributed by atoms with van der Waals surface area (Å²) in [7, 11) is 0. The van der Waals surface area contributed by atoms with Crippen molar-refractivity contribution in [2.45, 2.75) is 11.8 Å². The lowest BCUT2D eigenvalue weighted by Gasteiger charge is -2.49. The summed E-state index contributed by atoms with van der Waals surface area (Å²) in [5.74, 6) is 0. The molecule has 2 aliphatic rings. The number of carbonyl (C=O) groups excluding carboxylic acids is 1. The van der Waals surface area contributed by atoms with Crippen LogP contribution in [0.5, 0.6) is 0 Å². The Hall–Kier alpha value is -2.73. The number of anilines is 2. The zero-order valence-corrected chi connectivity index (χ0v) is 11.2. The second kappa shape index (κ2) is 4.39. The molecule has 2 heterocycles. The lowest BCUT2D eigenvalue weighted by molar-refractivity contribution is 0.183. The van der Waals surface area contributed by atoms with Gasteiger partial charge >= 0.3 is 6.03 Å². The van der Waals surface area contributed by atoms with Crippen molar-refractivity contribution in [2.75, 3.05) is 10.6 Å². The Morgan fingerprint density at radius 3 is 2.38 bits per heavy atom. The minimum absolute atomic E-state index is 0.229. The molecule has 2 amide bonds. The molecule has 2 aromatic rings. The number of rotatable bonds is 1. The molecule has 0 saturated carbocycles. The van der Waals surface area contributed by atoms with Gasteiger partial charge in [0, 0.05) is 5.56 Å². The number of benzene rings is 2. The first-order valence-corrected chi connectivity index (χ1v) is 6.81. The van der Waals surface area contributed by atoms with Gasteiger partial charge in [-0.3, -0.25) is 5.43 Å². The summed E-state index contributed by atoms with van der Waals surface area (Å²) in [5.41, 5.74) is 7.77. The summed E-state index contributed by atoms with van der Waals surface area (Å²) in [6.07, 6.45) is -0.229. The predicted molar refractivity (Wildman–Crippen MR) is 80.4 cm³/mol. The van der Waals surface area contributed by atoms with E-state index in [1.807, 2.05) is 54.6 Å². The summed E-state index contributed by atoms with van der Waals surface area (Å²) in [5, 5.41) is 9.87. The van der Waals surface area contributed by atoms with Crippen LogP contribution in [0.25, 0.3) is 0 Å². The van der Waals surface area contributed by atoms with Crippen LogP contribution in [0.2, 0.25) is 0 Å². The third-order valence-electron chi connectivity index (χ3n) is 3.86. The topological polar surface area (TPSA) is 77.2 Å². The zero-order valence-electron chi connectivity index (χ0n) is 11.2. The Labute approximate surface area is 121 Å². The van der Waals surface area contributed by atoms with E-state index in [1.165, 1.54) is 0 Å². The van der Waals surface area contributed by atoms with Crippen molar-refractivity contribution in [1.82, 2.24) is 16.2 Å². The van der Waals surface area contributed by atoms with Gasteiger partial charge in [-0.25, -0.2) is 10.2 Å². The molecule has 0 aliphatic carbocycles. The average molecular weight is 281 g/mol. The van der Waals surface area contributed by atoms with Crippen LogP contribution >= 0.6 is 0 Å². The van der Waals surface area contributed by atoms with Gasteiger partial charge in [0.15, 0.2) is 5.66 Å². The highest BCUT2D eigenvalue weighted by molar-refractivity contribution is 5.80. The van der Waals surface area contributed by atoms with Crippen molar-refractivity contribution >= 4 is 17.4 Å². The average Bonchev–Trinajstić information content (AvgIpc) is 2.53. The van der Waals surface area contributed by atoms with Gasteiger partial charge in [0.25, 0.3) is 0 Å². The molecule has 106 valence electrons. The second-order valence-electron chi connectivity index (χ2n) is 5.15. The normalized spacial score (nSPS) is 26.3. The molecule has 6 heteroatoms. The number of carbonyl (C=O) groups is 1. The van der Waals surface area contributed by atoms with Gasteiger partial charge in [0.2, 0.25) is 0 Å². The number of hydrazine groups is 1. The molecule has 0 aromatic heterocycles. The lowest BCUT2D eigenvalue weighted by Crippen LogP contribution is -2.76.